The molecule has 2 amide bonds. The molecule has 5 nitrogen and oxygen atoms in total. The zero-order valence-electron chi connectivity index (χ0n) is 12.2. The largest absolute Gasteiger partial charge is 0.481 e. The minimum Gasteiger partial charge on any atom is -0.481 e. The molecule has 5 heteroatoms. The van der Waals surface area contributed by atoms with Crippen LogP contribution in [0.3, 0.4) is 0 Å². The van der Waals surface area contributed by atoms with E-state index in [-0.39, 0.29) is 24.4 Å². The number of urea groups is 1. The summed E-state index contributed by atoms with van der Waals surface area (Å²) in [7, 11) is 0. The van der Waals surface area contributed by atoms with Gasteiger partial charge in [-0.05, 0) is 31.4 Å². The number of para-hydroxylation sites is 1. The zero-order valence-corrected chi connectivity index (χ0v) is 12.2. The quantitative estimate of drug-likeness (QED) is 0.908. The molecule has 0 spiro atoms. The number of amides is 2. The van der Waals surface area contributed by atoms with Gasteiger partial charge in [-0.25, -0.2) is 4.79 Å². The molecule has 1 N–H and O–H groups in total. The van der Waals surface area contributed by atoms with Crippen LogP contribution < -0.4 is 4.90 Å². The first-order chi connectivity index (χ1) is 10.1. The fraction of sp³-hybridized carbons (Fsp3) is 0.500. The minimum absolute atomic E-state index is 0.0105. The number of hydrogen-bond donors (Lipinski definition) is 1. The van der Waals surface area contributed by atoms with Gasteiger partial charge < -0.3 is 10.0 Å². The van der Waals surface area contributed by atoms with Crippen molar-refractivity contribution in [3.63, 3.8) is 0 Å². The Bertz CT molecular complexity index is 566. The molecule has 0 saturated carbocycles. The Balaban J connectivity index is 1.72. The lowest BCUT2D eigenvalue weighted by atomic mass is 9.94. The summed E-state index contributed by atoms with van der Waals surface area (Å²) in [6, 6.07) is 8.23. The molecule has 2 aliphatic heterocycles. The lowest BCUT2D eigenvalue weighted by Gasteiger charge is -2.44. The molecule has 1 aromatic rings. The highest BCUT2D eigenvalue weighted by molar-refractivity contribution is 5.94. The van der Waals surface area contributed by atoms with Crippen molar-refractivity contribution in [3.8, 4) is 0 Å². The van der Waals surface area contributed by atoms with Crippen molar-refractivity contribution in [2.45, 2.75) is 32.2 Å². The second-order valence-corrected chi connectivity index (χ2v) is 6.04. The van der Waals surface area contributed by atoms with Crippen LogP contribution in [0.25, 0.3) is 0 Å². The fourth-order valence-corrected chi connectivity index (χ4v) is 3.23. The fourth-order valence-electron chi connectivity index (χ4n) is 3.23. The second-order valence-electron chi connectivity index (χ2n) is 6.04. The molecular formula is C16H20N2O3. The van der Waals surface area contributed by atoms with E-state index in [1.807, 2.05) is 23.1 Å². The summed E-state index contributed by atoms with van der Waals surface area (Å²) in [6.45, 7) is 3.18. The molecule has 1 saturated heterocycles. The van der Waals surface area contributed by atoms with Crippen LogP contribution in [0.5, 0.6) is 0 Å². The van der Waals surface area contributed by atoms with E-state index in [9.17, 15) is 9.59 Å². The van der Waals surface area contributed by atoms with E-state index < -0.39 is 5.97 Å². The summed E-state index contributed by atoms with van der Waals surface area (Å²) in [5.74, 6) is -0.689. The molecular weight excluding hydrogens is 268 g/mol. The Hall–Kier alpha value is -2.04. The predicted molar refractivity (Wildman–Crippen MR) is 79.4 cm³/mol. The molecule has 0 radical (unpaired) electrons. The Morgan fingerprint density at radius 1 is 1.29 bits per heavy atom. The van der Waals surface area contributed by atoms with Gasteiger partial charge in [0.1, 0.15) is 0 Å². The first kappa shape index (κ1) is 13.9. The Morgan fingerprint density at radius 2 is 2.00 bits per heavy atom. The van der Waals surface area contributed by atoms with Gasteiger partial charge in [0.15, 0.2) is 0 Å². The third kappa shape index (κ3) is 2.60. The van der Waals surface area contributed by atoms with E-state index in [1.165, 1.54) is 5.56 Å². The van der Waals surface area contributed by atoms with Crippen LogP contribution in [0.2, 0.25) is 0 Å². The molecule has 0 aliphatic carbocycles. The van der Waals surface area contributed by atoms with Crippen molar-refractivity contribution >= 4 is 17.7 Å². The summed E-state index contributed by atoms with van der Waals surface area (Å²) in [5, 5.41) is 8.78. The van der Waals surface area contributed by atoms with Crippen LogP contribution >= 0.6 is 0 Å². The van der Waals surface area contributed by atoms with Gasteiger partial charge in [-0.1, -0.05) is 18.2 Å². The van der Waals surface area contributed by atoms with Crippen LogP contribution in [-0.2, 0) is 11.2 Å². The van der Waals surface area contributed by atoms with E-state index in [4.69, 9.17) is 5.11 Å². The number of carbonyl (C=O) groups is 2. The van der Waals surface area contributed by atoms with Crippen LogP contribution in [0.15, 0.2) is 24.3 Å². The number of hydrogen-bond acceptors (Lipinski definition) is 2. The SMILES string of the molecule is CC1CCc2ccccc2N1C(=O)N1CC(CC(=O)O)C1. The maximum Gasteiger partial charge on any atom is 0.324 e. The van der Waals surface area contributed by atoms with Crippen LogP contribution in [0.1, 0.15) is 25.3 Å². The number of carboxylic acids is 1. The van der Waals surface area contributed by atoms with Crippen molar-refractivity contribution in [1.82, 2.24) is 4.90 Å². The highest BCUT2D eigenvalue weighted by Gasteiger charge is 2.37. The number of anilines is 1. The summed E-state index contributed by atoms with van der Waals surface area (Å²) < 4.78 is 0. The molecule has 112 valence electrons. The first-order valence-corrected chi connectivity index (χ1v) is 7.44. The Labute approximate surface area is 124 Å². The standard InChI is InChI=1S/C16H20N2O3/c1-11-6-7-13-4-2-3-5-14(13)18(11)16(21)17-9-12(10-17)8-15(19)20/h2-5,11-12H,6-10H2,1H3,(H,19,20). The highest BCUT2D eigenvalue weighted by atomic mass is 16.4. The smallest absolute Gasteiger partial charge is 0.324 e. The van der Waals surface area contributed by atoms with Crippen molar-refractivity contribution in [1.29, 1.82) is 0 Å². The van der Waals surface area contributed by atoms with Gasteiger partial charge in [-0.2, -0.15) is 0 Å². The highest BCUT2D eigenvalue weighted by Crippen LogP contribution is 2.33. The topological polar surface area (TPSA) is 60.9 Å². The zero-order chi connectivity index (χ0) is 15.0. The average molecular weight is 288 g/mol. The van der Waals surface area contributed by atoms with Crippen LogP contribution in [-0.4, -0.2) is 41.1 Å². The molecule has 0 bridgehead atoms. The van der Waals surface area contributed by atoms with E-state index in [0.717, 1.165) is 18.5 Å². The van der Waals surface area contributed by atoms with Gasteiger partial charge in [0, 0.05) is 30.7 Å². The predicted octanol–water partition coefficient (Wildman–Crippen LogP) is 2.35. The van der Waals surface area contributed by atoms with E-state index in [1.54, 1.807) is 4.90 Å². The normalized spacial score (nSPS) is 21.7. The molecule has 1 aromatic carbocycles. The van der Waals surface area contributed by atoms with Gasteiger partial charge in [0.25, 0.3) is 0 Å². The second kappa shape index (κ2) is 5.39. The van der Waals surface area contributed by atoms with Crippen LogP contribution in [0, 0.1) is 5.92 Å². The van der Waals surface area contributed by atoms with Crippen LogP contribution in [0.4, 0.5) is 10.5 Å². The Morgan fingerprint density at radius 3 is 2.71 bits per heavy atom. The van der Waals surface area contributed by atoms with Crippen molar-refractivity contribution in [3.05, 3.63) is 29.8 Å². The Kier molecular flexibility index (Phi) is 3.57. The van der Waals surface area contributed by atoms with E-state index >= 15 is 0 Å². The van der Waals surface area contributed by atoms with E-state index in [0.29, 0.717) is 13.1 Å². The number of aryl methyl sites for hydroxylation is 1. The molecule has 21 heavy (non-hydrogen) atoms. The number of likely N-dealkylation sites (tertiary alicyclic amines) is 1. The number of benzene rings is 1. The lowest BCUT2D eigenvalue weighted by Crippen LogP contribution is -2.58. The summed E-state index contributed by atoms with van der Waals surface area (Å²) in [6.07, 6.45) is 2.12. The summed E-state index contributed by atoms with van der Waals surface area (Å²) in [5.41, 5.74) is 2.22. The van der Waals surface area contributed by atoms with Crippen molar-refractivity contribution < 1.29 is 14.7 Å². The van der Waals surface area contributed by atoms with Gasteiger partial charge in [0.05, 0.1) is 6.42 Å². The molecule has 2 heterocycles. The molecule has 1 atom stereocenters. The van der Waals surface area contributed by atoms with Crippen molar-refractivity contribution in [2.75, 3.05) is 18.0 Å². The number of aliphatic carboxylic acids is 1. The molecule has 3 rings (SSSR count). The molecule has 2 aliphatic rings. The first-order valence-electron chi connectivity index (χ1n) is 7.44. The van der Waals surface area contributed by atoms with Gasteiger partial charge in [-0.15, -0.1) is 0 Å². The van der Waals surface area contributed by atoms with Gasteiger partial charge in [-0.3, -0.25) is 9.69 Å². The van der Waals surface area contributed by atoms with Gasteiger partial charge >= 0.3 is 12.0 Å². The third-order valence-electron chi connectivity index (χ3n) is 4.42. The third-order valence-corrected chi connectivity index (χ3v) is 4.42. The number of carboxylic acid groups (broad SMARTS) is 1. The monoisotopic (exact) mass is 288 g/mol. The van der Waals surface area contributed by atoms with Gasteiger partial charge in [0.2, 0.25) is 0 Å². The maximum atomic E-state index is 12.7. The van der Waals surface area contributed by atoms with E-state index in [2.05, 4.69) is 13.0 Å². The molecule has 0 aromatic heterocycles. The number of fused-ring (bicyclic) bond motifs is 1. The minimum atomic E-state index is -0.788. The number of carbonyl (C=O) groups excluding carboxylic acids is 1. The summed E-state index contributed by atoms with van der Waals surface area (Å²) >= 11 is 0. The lowest BCUT2D eigenvalue weighted by molar-refractivity contribution is -0.139. The van der Waals surface area contributed by atoms with Crippen molar-refractivity contribution in [2.24, 2.45) is 5.92 Å². The maximum absolute atomic E-state index is 12.7. The number of nitrogens with zero attached hydrogens (tertiary/aromatic N) is 2. The molecule has 1 unspecified atom stereocenters. The molecule has 1 fully saturated rings. The summed E-state index contributed by atoms with van der Waals surface area (Å²) in [4.78, 5) is 27.0. The average Bonchev–Trinajstić information content (AvgIpc) is 2.41. The number of rotatable bonds is 2.